The predicted octanol–water partition coefficient (Wildman–Crippen LogP) is 3.17. The molecule has 1 aromatic rings. The number of halogens is 2. The van der Waals surface area contributed by atoms with Crippen molar-refractivity contribution in [2.45, 2.75) is 38.6 Å². The van der Waals surface area contributed by atoms with E-state index in [0.29, 0.717) is 24.3 Å². The van der Waals surface area contributed by atoms with Gasteiger partial charge in [-0.25, -0.2) is 13.8 Å². The summed E-state index contributed by atoms with van der Waals surface area (Å²) >= 11 is 0. The number of anilines is 2. The molecule has 5 heteroatoms. The van der Waals surface area contributed by atoms with Gasteiger partial charge in [-0.3, -0.25) is 0 Å². The number of nitrogens with one attached hydrogen (secondary N) is 1. The van der Waals surface area contributed by atoms with Crippen LogP contribution in [0.2, 0.25) is 0 Å². The Morgan fingerprint density at radius 2 is 2.00 bits per heavy atom. The molecule has 0 radical (unpaired) electrons. The van der Waals surface area contributed by atoms with Crippen LogP contribution in [0, 0.1) is 17.6 Å². The maximum Gasteiger partial charge on any atom is 0.168 e. The van der Waals surface area contributed by atoms with E-state index in [4.69, 9.17) is 0 Å². The second-order valence-corrected chi connectivity index (χ2v) is 5.48. The van der Waals surface area contributed by atoms with Gasteiger partial charge >= 0.3 is 0 Å². The van der Waals surface area contributed by atoms with Crippen molar-refractivity contribution in [2.75, 3.05) is 23.3 Å². The third-order valence-electron chi connectivity index (χ3n) is 3.67. The van der Waals surface area contributed by atoms with Gasteiger partial charge in [-0.2, -0.15) is 0 Å². The van der Waals surface area contributed by atoms with Crippen LogP contribution >= 0.6 is 0 Å². The van der Waals surface area contributed by atoms with Gasteiger partial charge in [0.05, 0.1) is 0 Å². The zero-order valence-electron chi connectivity index (χ0n) is 11.1. The molecule has 0 aromatic carbocycles. The number of rotatable bonds is 6. The molecule has 0 saturated heterocycles. The van der Waals surface area contributed by atoms with Crippen LogP contribution in [0.15, 0.2) is 6.07 Å². The number of aromatic nitrogens is 1. The fourth-order valence-electron chi connectivity index (χ4n) is 2.32. The van der Waals surface area contributed by atoms with Crippen LogP contribution in [-0.2, 0) is 0 Å². The highest BCUT2D eigenvalue weighted by Gasteiger charge is 2.36. The van der Waals surface area contributed by atoms with Crippen molar-refractivity contribution in [3.05, 3.63) is 17.7 Å². The minimum Gasteiger partial charge on any atom is -0.368 e. The van der Waals surface area contributed by atoms with Gasteiger partial charge in [-0.1, -0.05) is 0 Å². The first-order chi connectivity index (χ1) is 9.19. The van der Waals surface area contributed by atoms with Gasteiger partial charge in [-0.05, 0) is 38.5 Å². The zero-order chi connectivity index (χ0) is 13.4. The molecule has 1 aromatic heterocycles. The van der Waals surface area contributed by atoms with Gasteiger partial charge in [0.1, 0.15) is 0 Å². The predicted molar refractivity (Wildman–Crippen MR) is 71.4 cm³/mol. The molecular weight excluding hydrogens is 248 g/mol. The molecule has 2 aliphatic rings. The lowest BCUT2D eigenvalue weighted by Crippen LogP contribution is -2.30. The van der Waals surface area contributed by atoms with Gasteiger partial charge in [0, 0.05) is 25.2 Å². The number of hydrogen-bond acceptors (Lipinski definition) is 3. The molecule has 3 nitrogen and oxygen atoms in total. The third kappa shape index (κ3) is 2.80. The molecule has 19 heavy (non-hydrogen) atoms. The normalized spacial score (nSPS) is 18.5. The first kappa shape index (κ1) is 12.6. The van der Waals surface area contributed by atoms with Gasteiger partial charge in [-0.15, -0.1) is 0 Å². The Kier molecular flexibility index (Phi) is 3.29. The Morgan fingerprint density at radius 3 is 2.58 bits per heavy atom. The van der Waals surface area contributed by atoms with Crippen LogP contribution in [0.3, 0.4) is 0 Å². The van der Waals surface area contributed by atoms with Crippen molar-refractivity contribution in [2.24, 2.45) is 5.92 Å². The summed E-state index contributed by atoms with van der Waals surface area (Å²) in [5, 5.41) is 2.85. The lowest BCUT2D eigenvalue weighted by Gasteiger charge is -2.24. The van der Waals surface area contributed by atoms with E-state index < -0.39 is 11.6 Å². The molecular formula is C14H19F2N3. The highest BCUT2D eigenvalue weighted by molar-refractivity contribution is 5.51. The van der Waals surface area contributed by atoms with Gasteiger partial charge < -0.3 is 10.2 Å². The molecule has 2 saturated carbocycles. The Hall–Kier alpha value is -1.39. The molecule has 0 amide bonds. The molecule has 0 atom stereocenters. The Bertz CT molecular complexity index is 470. The number of pyridine rings is 1. The van der Waals surface area contributed by atoms with Crippen molar-refractivity contribution in [3.63, 3.8) is 0 Å². The summed E-state index contributed by atoms with van der Waals surface area (Å²) in [5.41, 5.74) is 0. The van der Waals surface area contributed by atoms with E-state index in [0.717, 1.165) is 25.5 Å². The van der Waals surface area contributed by atoms with Crippen LogP contribution < -0.4 is 10.2 Å². The van der Waals surface area contributed by atoms with E-state index >= 15 is 0 Å². The average molecular weight is 267 g/mol. The van der Waals surface area contributed by atoms with E-state index in [1.807, 2.05) is 11.8 Å². The van der Waals surface area contributed by atoms with Crippen molar-refractivity contribution in [3.8, 4) is 0 Å². The van der Waals surface area contributed by atoms with Crippen molar-refractivity contribution >= 4 is 11.6 Å². The summed E-state index contributed by atoms with van der Waals surface area (Å²) < 4.78 is 27.6. The molecule has 104 valence electrons. The van der Waals surface area contributed by atoms with Crippen LogP contribution in [0.25, 0.3) is 0 Å². The molecule has 2 fully saturated rings. The van der Waals surface area contributed by atoms with Crippen LogP contribution in [0.4, 0.5) is 20.4 Å². The third-order valence-corrected chi connectivity index (χ3v) is 3.67. The summed E-state index contributed by atoms with van der Waals surface area (Å²) in [4.78, 5) is 6.20. The van der Waals surface area contributed by atoms with E-state index in [2.05, 4.69) is 10.3 Å². The van der Waals surface area contributed by atoms with Crippen molar-refractivity contribution < 1.29 is 8.78 Å². The van der Waals surface area contributed by atoms with E-state index in [1.165, 1.54) is 12.8 Å². The van der Waals surface area contributed by atoms with Gasteiger partial charge in [0.25, 0.3) is 0 Å². The molecule has 2 aliphatic carbocycles. The number of hydrogen-bond donors (Lipinski definition) is 1. The monoisotopic (exact) mass is 267 g/mol. The minimum atomic E-state index is -0.620. The summed E-state index contributed by atoms with van der Waals surface area (Å²) in [7, 11) is 0. The standard InChI is InChI=1S/C14H19F2N3/c1-2-17-13-11(15)7-12(16)14(18-13)19(10-5-6-10)8-9-3-4-9/h7,9-10H,2-6,8H2,1H3,(H,17,18). The summed E-state index contributed by atoms with van der Waals surface area (Å²) in [5.74, 6) is -0.0430. The largest absolute Gasteiger partial charge is 0.368 e. The lowest BCUT2D eigenvalue weighted by atomic mass is 10.3. The second-order valence-electron chi connectivity index (χ2n) is 5.48. The fraction of sp³-hybridized carbons (Fsp3) is 0.643. The minimum absolute atomic E-state index is 0.153. The van der Waals surface area contributed by atoms with Gasteiger partial charge in [0.15, 0.2) is 23.3 Å². The first-order valence-electron chi connectivity index (χ1n) is 7.05. The molecule has 0 bridgehead atoms. The summed E-state index contributed by atoms with van der Waals surface area (Å²) in [6.07, 6.45) is 4.60. The Labute approximate surface area is 112 Å². The average Bonchev–Trinajstić information content (AvgIpc) is 3.25. The molecule has 3 rings (SSSR count). The van der Waals surface area contributed by atoms with Gasteiger partial charge in [0.2, 0.25) is 0 Å². The highest BCUT2D eigenvalue weighted by atomic mass is 19.1. The second kappa shape index (κ2) is 4.94. The molecule has 1 N–H and O–H groups in total. The molecule has 0 unspecified atom stereocenters. The Balaban J connectivity index is 1.89. The molecule has 0 spiro atoms. The summed E-state index contributed by atoms with van der Waals surface area (Å²) in [6, 6.07) is 1.34. The molecule has 0 aliphatic heterocycles. The maximum absolute atomic E-state index is 14.0. The van der Waals surface area contributed by atoms with E-state index in [9.17, 15) is 8.78 Å². The lowest BCUT2D eigenvalue weighted by molar-refractivity contribution is 0.565. The van der Waals surface area contributed by atoms with Crippen LogP contribution in [0.5, 0.6) is 0 Å². The topological polar surface area (TPSA) is 28.2 Å². The summed E-state index contributed by atoms with van der Waals surface area (Å²) in [6.45, 7) is 3.29. The molecule has 1 heterocycles. The van der Waals surface area contributed by atoms with Crippen molar-refractivity contribution in [1.82, 2.24) is 4.98 Å². The number of nitrogens with zero attached hydrogens (tertiary/aromatic N) is 2. The van der Waals surface area contributed by atoms with Crippen molar-refractivity contribution in [1.29, 1.82) is 0 Å². The zero-order valence-corrected chi connectivity index (χ0v) is 11.1. The van der Waals surface area contributed by atoms with Crippen LogP contribution in [-0.4, -0.2) is 24.1 Å². The fourth-order valence-corrected chi connectivity index (χ4v) is 2.32. The van der Waals surface area contributed by atoms with Crippen LogP contribution in [0.1, 0.15) is 32.6 Å². The van der Waals surface area contributed by atoms with E-state index in [-0.39, 0.29) is 5.82 Å². The smallest absolute Gasteiger partial charge is 0.168 e. The maximum atomic E-state index is 14.0. The SMILES string of the molecule is CCNc1nc(N(CC2CC2)C2CC2)c(F)cc1F. The quantitative estimate of drug-likeness (QED) is 0.858. The highest BCUT2D eigenvalue weighted by Crippen LogP contribution is 2.38. The van der Waals surface area contributed by atoms with E-state index in [1.54, 1.807) is 0 Å². The Morgan fingerprint density at radius 1 is 1.26 bits per heavy atom. The first-order valence-corrected chi connectivity index (χ1v) is 7.05.